The third-order valence-corrected chi connectivity index (χ3v) is 3.60. The lowest BCUT2D eigenvalue weighted by molar-refractivity contribution is -0.124. The van der Waals surface area contributed by atoms with Gasteiger partial charge in [-0.2, -0.15) is 0 Å². The molecule has 0 radical (unpaired) electrons. The number of anilines is 1. The van der Waals surface area contributed by atoms with E-state index in [0.717, 1.165) is 11.3 Å². The fraction of sp³-hybridized carbons (Fsp3) is 0.263. The summed E-state index contributed by atoms with van der Waals surface area (Å²) in [4.78, 5) is 25.6. The molecule has 0 heterocycles. The minimum Gasteiger partial charge on any atom is -0.497 e. The van der Waals surface area contributed by atoms with Gasteiger partial charge in [-0.05, 0) is 49.0 Å². The smallest absolute Gasteiger partial charge is 0.243 e. The van der Waals surface area contributed by atoms with E-state index in [1.165, 1.54) is 24.3 Å². The maximum atomic E-state index is 12.8. The zero-order valence-electron chi connectivity index (χ0n) is 14.8. The van der Waals surface area contributed by atoms with E-state index in [2.05, 4.69) is 10.6 Å². The number of amides is 2. The molecule has 0 saturated heterocycles. The summed E-state index contributed by atoms with van der Waals surface area (Å²) < 4.78 is 17.9. The molecule has 0 atom stereocenters. The summed E-state index contributed by atoms with van der Waals surface area (Å²) in [6.07, 6.45) is 0. The molecular formula is C19H22FN3O3. The average molecular weight is 359 g/mol. The fourth-order valence-corrected chi connectivity index (χ4v) is 2.32. The Morgan fingerprint density at radius 3 is 2.31 bits per heavy atom. The Labute approximate surface area is 152 Å². The van der Waals surface area contributed by atoms with E-state index in [-0.39, 0.29) is 30.7 Å². The molecule has 7 heteroatoms. The molecule has 2 rings (SSSR count). The van der Waals surface area contributed by atoms with Crippen molar-refractivity contribution in [3.05, 3.63) is 59.9 Å². The lowest BCUT2D eigenvalue weighted by atomic mass is 10.2. The number of carbonyl (C=O) groups excluding carboxylic acids is 2. The molecule has 2 N–H and O–H groups in total. The molecule has 0 aliphatic carbocycles. The van der Waals surface area contributed by atoms with E-state index >= 15 is 0 Å². The first-order valence-corrected chi connectivity index (χ1v) is 8.10. The van der Waals surface area contributed by atoms with Crippen LogP contribution in [0, 0.1) is 5.82 Å². The molecule has 2 aromatic rings. The number of nitrogens with one attached hydrogen (secondary N) is 2. The second-order valence-corrected chi connectivity index (χ2v) is 5.85. The summed E-state index contributed by atoms with van der Waals surface area (Å²) in [7, 11) is 3.43. The first-order chi connectivity index (χ1) is 12.5. The van der Waals surface area contributed by atoms with Gasteiger partial charge in [0.05, 0.1) is 20.2 Å². The summed E-state index contributed by atoms with van der Waals surface area (Å²) in [6.45, 7) is 0.613. The van der Waals surface area contributed by atoms with Crippen LogP contribution in [0.1, 0.15) is 5.56 Å². The third kappa shape index (κ3) is 6.52. The van der Waals surface area contributed by atoms with Crippen LogP contribution >= 0.6 is 0 Å². The largest absolute Gasteiger partial charge is 0.497 e. The van der Waals surface area contributed by atoms with Gasteiger partial charge in [-0.3, -0.25) is 14.5 Å². The van der Waals surface area contributed by atoms with E-state index in [0.29, 0.717) is 12.2 Å². The second kappa shape index (κ2) is 9.53. The molecule has 0 spiro atoms. The lowest BCUT2D eigenvalue weighted by Gasteiger charge is -2.16. The fourth-order valence-electron chi connectivity index (χ4n) is 2.32. The summed E-state index contributed by atoms with van der Waals surface area (Å²) in [6, 6.07) is 13.0. The van der Waals surface area contributed by atoms with Crippen LogP contribution in [0.15, 0.2) is 48.5 Å². The normalized spacial score (nSPS) is 10.5. The highest BCUT2D eigenvalue weighted by Gasteiger charge is 2.09. The third-order valence-electron chi connectivity index (χ3n) is 3.60. The van der Waals surface area contributed by atoms with Crippen molar-refractivity contribution in [2.45, 2.75) is 6.54 Å². The summed E-state index contributed by atoms with van der Waals surface area (Å²) in [5, 5.41) is 5.14. The number of benzene rings is 2. The van der Waals surface area contributed by atoms with Crippen molar-refractivity contribution in [2.24, 2.45) is 0 Å². The summed E-state index contributed by atoms with van der Waals surface area (Å²) in [5.41, 5.74) is 1.53. The SMILES string of the molecule is COc1ccc(CN(C)CC(=O)NCC(=O)Nc2ccc(F)cc2)cc1. The molecule has 0 bridgehead atoms. The second-order valence-electron chi connectivity index (χ2n) is 5.85. The Kier molecular flexibility index (Phi) is 7.11. The zero-order valence-corrected chi connectivity index (χ0v) is 14.8. The van der Waals surface area contributed by atoms with Crippen molar-refractivity contribution in [1.82, 2.24) is 10.2 Å². The Balaban J connectivity index is 1.71. The molecule has 26 heavy (non-hydrogen) atoms. The van der Waals surface area contributed by atoms with Gasteiger partial charge in [0, 0.05) is 12.2 Å². The van der Waals surface area contributed by atoms with Gasteiger partial charge in [-0.1, -0.05) is 12.1 Å². The molecule has 2 aromatic carbocycles. The van der Waals surface area contributed by atoms with Gasteiger partial charge in [0.15, 0.2) is 0 Å². The molecule has 0 aliphatic rings. The molecule has 2 amide bonds. The molecule has 138 valence electrons. The highest BCUT2D eigenvalue weighted by molar-refractivity contribution is 5.94. The molecular weight excluding hydrogens is 337 g/mol. The maximum absolute atomic E-state index is 12.8. The van der Waals surface area contributed by atoms with Crippen molar-refractivity contribution in [3.63, 3.8) is 0 Å². The lowest BCUT2D eigenvalue weighted by Crippen LogP contribution is -2.39. The molecule has 0 aromatic heterocycles. The Morgan fingerprint density at radius 2 is 1.69 bits per heavy atom. The first-order valence-electron chi connectivity index (χ1n) is 8.10. The molecule has 0 aliphatic heterocycles. The number of halogens is 1. The summed E-state index contributed by atoms with van der Waals surface area (Å²) in [5.74, 6) is -0.226. The van der Waals surface area contributed by atoms with Crippen molar-refractivity contribution in [3.8, 4) is 5.75 Å². The van der Waals surface area contributed by atoms with Crippen LogP contribution in [0.2, 0.25) is 0 Å². The van der Waals surface area contributed by atoms with Gasteiger partial charge >= 0.3 is 0 Å². The Hall–Kier alpha value is -2.93. The van der Waals surface area contributed by atoms with Crippen LogP contribution in [-0.2, 0) is 16.1 Å². The van der Waals surface area contributed by atoms with Crippen LogP contribution in [0.3, 0.4) is 0 Å². The molecule has 0 fully saturated rings. The topological polar surface area (TPSA) is 70.7 Å². The van der Waals surface area contributed by atoms with Crippen LogP contribution in [0.5, 0.6) is 5.75 Å². The van der Waals surface area contributed by atoms with E-state index in [1.807, 2.05) is 36.2 Å². The molecule has 0 saturated carbocycles. The van der Waals surface area contributed by atoms with Gasteiger partial charge in [0.2, 0.25) is 11.8 Å². The molecule has 0 unspecified atom stereocenters. The Bertz CT molecular complexity index is 733. The van der Waals surface area contributed by atoms with Gasteiger partial charge in [0.1, 0.15) is 11.6 Å². The van der Waals surface area contributed by atoms with Crippen molar-refractivity contribution >= 4 is 17.5 Å². The predicted octanol–water partition coefficient (Wildman–Crippen LogP) is 2.02. The van der Waals surface area contributed by atoms with Crippen molar-refractivity contribution in [2.75, 3.05) is 32.6 Å². The number of nitrogens with zero attached hydrogens (tertiary/aromatic N) is 1. The number of hydrogen-bond acceptors (Lipinski definition) is 4. The van der Waals surface area contributed by atoms with Crippen LogP contribution in [0.25, 0.3) is 0 Å². The standard InChI is InChI=1S/C19H22FN3O3/c1-23(12-14-3-9-17(26-2)10-4-14)13-19(25)21-11-18(24)22-16-7-5-15(20)6-8-16/h3-10H,11-13H2,1-2H3,(H,21,25)(H,22,24). The minimum absolute atomic E-state index is 0.146. The molecule has 6 nitrogen and oxygen atoms in total. The van der Waals surface area contributed by atoms with Crippen LogP contribution < -0.4 is 15.4 Å². The highest BCUT2D eigenvalue weighted by atomic mass is 19.1. The van der Waals surface area contributed by atoms with Gasteiger partial charge in [0.25, 0.3) is 0 Å². The van der Waals surface area contributed by atoms with E-state index in [9.17, 15) is 14.0 Å². The number of rotatable bonds is 8. The van der Waals surface area contributed by atoms with Crippen molar-refractivity contribution < 1.29 is 18.7 Å². The average Bonchev–Trinajstić information content (AvgIpc) is 2.62. The zero-order chi connectivity index (χ0) is 18.9. The maximum Gasteiger partial charge on any atom is 0.243 e. The predicted molar refractivity (Wildman–Crippen MR) is 97.4 cm³/mol. The van der Waals surface area contributed by atoms with Crippen LogP contribution in [-0.4, -0.2) is 44.0 Å². The van der Waals surface area contributed by atoms with Crippen LogP contribution in [0.4, 0.5) is 10.1 Å². The quantitative estimate of drug-likeness (QED) is 0.757. The number of carbonyl (C=O) groups is 2. The van der Waals surface area contributed by atoms with E-state index in [4.69, 9.17) is 4.74 Å². The van der Waals surface area contributed by atoms with Crippen molar-refractivity contribution in [1.29, 1.82) is 0 Å². The van der Waals surface area contributed by atoms with Gasteiger partial charge in [-0.15, -0.1) is 0 Å². The summed E-state index contributed by atoms with van der Waals surface area (Å²) >= 11 is 0. The number of likely N-dealkylation sites (N-methyl/N-ethyl adjacent to an activating group) is 1. The number of ether oxygens (including phenoxy) is 1. The van der Waals surface area contributed by atoms with E-state index < -0.39 is 0 Å². The van der Waals surface area contributed by atoms with Gasteiger partial charge in [-0.25, -0.2) is 4.39 Å². The van der Waals surface area contributed by atoms with E-state index in [1.54, 1.807) is 7.11 Å². The minimum atomic E-state index is -0.379. The highest BCUT2D eigenvalue weighted by Crippen LogP contribution is 2.12. The van der Waals surface area contributed by atoms with Gasteiger partial charge < -0.3 is 15.4 Å². The Morgan fingerprint density at radius 1 is 1.04 bits per heavy atom. The first kappa shape index (κ1) is 19.4. The number of methoxy groups -OCH3 is 1. The monoisotopic (exact) mass is 359 g/mol. The number of hydrogen-bond donors (Lipinski definition) is 2.